The summed E-state index contributed by atoms with van der Waals surface area (Å²) in [4.78, 5) is 22.7. The highest BCUT2D eigenvalue weighted by atomic mass is 16.2. The fourth-order valence-corrected chi connectivity index (χ4v) is 3.96. The lowest BCUT2D eigenvalue weighted by atomic mass is 10.1. The molecule has 0 spiro atoms. The van der Waals surface area contributed by atoms with Gasteiger partial charge in [0.1, 0.15) is 23.4 Å². The van der Waals surface area contributed by atoms with E-state index in [2.05, 4.69) is 53.6 Å². The first-order valence-corrected chi connectivity index (χ1v) is 10.4. The second kappa shape index (κ2) is 7.80. The number of nitrogens with zero attached hydrogens (tertiary/aromatic N) is 4. The Morgan fingerprint density at radius 3 is 2.58 bits per heavy atom. The molecule has 2 aromatic heterocycles. The van der Waals surface area contributed by atoms with Crippen LogP contribution in [0.5, 0.6) is 0 Å². The maximum Gasteiger partial charge on any atom is 0.359 e. The summed E-state index contributed by atoms with van der Waals surface area (Å²) >= 11 is 0. The lowest BCUT2D eigenvalue weighted by molar-refractivity contribution is -0.552. The highest BCUT2D eigenvalue weighted by Crippen LogP contribution is 2.25. The monoisotopic (exact) mass is 410 g/mol. The van der Waals surface area contributed by atoms with E-state index < -0.39 is 0 Å². The van der Waals surface area contributed by atoms with Gasteiger partial charge in [0, 0.05) is 31.4 Å². The van der Waals surface area contributed by atoms with Crippen LogP contribution < -0.4 is 9.88 Å². The Morgan fingerprint density at radius 2 is 1.87 bits per heavy atom. The van der Waals surface area contributed by atoms with Crippen molar-refractivity contribution in [3.8, 4) is 11.3 Å². The summed E-state index contributed by atoms with van der Waals surface area (Å²) in [5.74, 6) is 1.66. The Balaban J connectivity index is 1.56. The molecule has 1 aliphatic heterocycles. The summed E-state index contributed by atoms with van der Waals surface area (Å²) in [6.07, 6.45) is 6.67. The average Bonchev–Trinajstić information content (AvgIpc) is 3.33. The van der Waals surface area contributed by atoms with Gasteiger partial charge in [0.25, 0.3) is 0 Å². The van der Waals surface area contributed by atoms with E-state index in [1.54, 1.807) is 10.8 Å². The second-order valence-electron chi connectivity index (χ2n) is 8.01. The summed E-state index contributed by atoms with van der Waals surface area (Å²) in [6, 6.07) is 18.1. The number of benzene rings is 2. The average molecular weight is 411 g/mol. The Bertz CT molecular complexity index is 1240. The van der Waals surface area contributed by atoms with E-state index in [9.17, 15) is 4.79 Å². The second-order valence-corrected chi connectivity index (χ2v) is 8.01. The van der Waals surface area contributed by atoms with E-state index in [1.165, 1.54) is 5.56 Å². The first-order chi connectivity index (χ1) is 15.1. The van der Waals surface area contributed by atoms with Crippen molar-refractivity contribution in [2.75, 3.05) is 5.32 Å². The van der Waals surface area contributed by atoms with Crippen molar-refractivity contribution in [3.63, 3.8) is 0 Å². The summed E-state index contributed by atoms with van der Waals surface area (Å²) < 4.78 is 3.68. The molecule has 2 aromatic carbocycles. The van der Waals surface area contributed by atoms with Gasteiger partial charge in [-0.3, -0.25) is 5.32 Å². The van der Waals surface area contributed by atoms with Crippen LogP contribution in [0.2, 0.25) is 0 Å². The van der Waals surface area contributed by atoms with Crippen LogP contribution in [0.15, 0.2) is 73.2 Å². The predicted molar refractivity (Wildman–Crippen MR) is 119 cm³/mol. The number of carbonyl (C=O) groups is 1. The molecule has 6 heteroatoms. The predicted octanol–water partition coefficient (Wildman–Crippen LogP) is 3.35. The van der Waals surface area contributed by atoms with Crippen molar-refractivity contribution in [2.45, 2.75) is 25.8 Å². The molecule has 31 heavy (non-hydrogen) atoms. The van der Waals surface area contributed by atoms with Crippen molar-refractivity contribution < 1.29 is 9.36 Å². The van der Waals surface area contributed by atoms with Gasteiger partial charge in [-0.05, 0) is 12.5 Å². The third-order valence-corrected chi connectivity index (χ3v) is 5.74. The molecule has 6 nitrogen and oxygen atoms in total. The Labute approximate surface area is 181 Å². The highest BCUT2D eigenvalue weighted by Gasteiger charge is 2.41. The number of rotatable bonds is 5. The number of hydrogen-bond acceptors (Lipinski definition) is 4. The first-order valence-electron chi connectivity index (χ1n) is 10.4. The van der Waals surface area contributed by atoms with Crippen LogP contribution in [0.25, 0.3) is 11.3 Å². The zero-order chi connectivity index (χ0) is 21.4. The van der Waals surface area contributed by atoms with Gasteiger partial charge < -0.3 is 4.57 Å². The minimum atomic E-state index is -0.370. The van der Waals surface area contributed by atoms with Crippen LogP contribution in [0.3, 0.4) is 0 Å². The summed E-state index contributed by atoms with van der Waals surface area (Å²) in [7, 11) is 1.94. The standard InChI is InChI=1S/C25H23N5O/c1-17-8-10-19(11-9-17)22-16-30-24(20(27-22)14-18-6-4-3-5-7-18)28-21(25(30)31)15-23-26-12-13-29(23)2/h3-13,16,21H,14-15H2,1-2H3/p+1. The SMILES string of the molecule is Cc1ccc(-c2c[n+]3c(c(Cc4ccccc4)n2)NC(Cc2nccn2C)C3=O)cc1. The van der Waals surface area contributed by atoms with Gasteiger partial charge in [-0.2, -0.15) is 4.57 Å². The molecule has 4 aromatic rings. The zero-order valence-corrected chi connectivity index (χ0v) is 17.6. The highest BCUT2D eigenvalue weighted by molar-refractivity contribution is 5.82. The molecule has 1 N–H and O–H groups in total. The van der Waals surface area contributed by atoms with Crippen molar-refractivity contribution >= 4 is 11.7 Å². The van der Waals surface area contributed by atoms with Crippen LogP contribution in [-0.4, -0.2) is 26.5 Å². The van der Waals surface area contributed by atoms with Crippen LogP contribution in [0.4, 0.5) is 5.82 Å². The Kier molecular flexibility index (Phi) is 4.82. The molecule has 0 amide bonds. The Hall–Kier alpha value is -3.80. The zero-order valence-electron chi connectivity index (χ0n) is 17.6. The minimum absolute atomic E-state index is 0.0167. The molecule has 1 atom stereocenters. The molecule has 1 unspecified atom stereocenters. The molecule has 1 aliphatic rings. The van der Waals surface area contributed by atoms with Gasteiger partial charge in [-0.1, -0.05) is 60.2 Å². The van der Waals surface area contributed by atoms with Crippen LogP contribution >= 0.6 is 0 Å². The number of fused-ring (bicyclic) bond motifs is 1. The lowest BCUT2D eigenvalue weighted by Gasteiger charge is -2.07. The van der Waals surface area contributed by atoms with Crippen molar-refractivity contribution in [1.82, 2.24) is 14.5 Å². The van der Waals surface area contributed by atoms with Crippen LogP contribution in [0, 0.1) is 6.92 Å². The van der Waals surface area contributed by atoms with Gasteiger partial charge in [-0.25, -0.2) is 14.8 Å². The van der Waals surface area contributed by atoms with Crippen LogP contribution in [0.1, 0.15) is 27.4 Å². The van der Waals surface area contributed by atoms with Gasteiger partial charge in [-0.15, -0.1) is 0 Å². The smallest absolute Gasteiger partial charge is 0.338 e. The molecule has 5 rings (SSSR count). The fraction of sp³-hybridized carbons (Fsp3) is 0.200. The van der Waals surface area contributed by atoms with Gasteiger partial charge in [0.05, 0.1) is 6.42 Å². The quantitative estimate of drug-likeness (QED) is 0.513. The fourth-order valence-electron chi connectivity index (χ4n) is 3.96. The number of imidazole rings is 1. The molecular weight excluding hydrogens is 386 g/mol. The third kappa shape index (κ3) is 3.72. The summed E-state index contributed by atoms with van der Waals surface area (Å²) in [5.41, 5.74) is 4.99. The van der Waals surface area contributed by atoms with E-state index in [-0.39, 0.29) is 11.9 Å². The number of anilines is 1. The molecular formula is C25H24N5O+. The first kappa shape index (κ1) is 19.2. The van der Waals surface area contributed by atoms with E-state index in [4.69, 9.17) is 4.98 Å². The van der Waals surface area contributed by atoms with Gasteiger partial charge in [0.2, 0.25) is 6.04 Å². The molecule has 3 heterocycles. The number of aromatic nitrogens is 4. The maximum absolute atomic E-state index is 13.3. The molecule has 0 saturated heterocycles. The van der Waals surface area contributed by atoms with E-state index in [1.807, 2.05) is 42.2 Å². The molecule has 0 bridgehead atoms. The minimum Gasteiger partial charge on any atom is -0.338 e. The number of nitrogens with one attached hydrogen (secondary N) is 1. The third-order valence-electron chi connectivity index (χ3n) is 5.74. The normalized spacial score (nSPS) is 15.0. The molecule has 0 radical (unpaired) electrons. The van der Waals surface area contributed by atoms with E-state index in [0.29, 0.717) is 12.8 Å². The number of carbonyl (C=O) groups excluding carboxylic acids is 1. The lowest BCUT2D eigenvalue weighted by Crippen LogP contribution is -2.44. The van der Waals surface area contributed by atoms with Crippen molar-refractivity contribution in [3.05, 3.63) is 95.8 Å². The summed E-state index contributed by atoms with van der Waals surface area (Å²) in [5, 5.41) is 3.42. The Morgan fingerprint density at radius 1 is 1.10 bits per heavy atom. The number of hydrogen-bond donors (Lipinski definition) is 1. The van der Waals surface area contributed by atoms with Crippen molar-refractivity contribution in [1.29, 1.82) is 0 Å². The van der Waals surface area contributed by atoms with Gasteiger partial charge in [0.15, 0.2) is 0 Å². The topological polar surface area (TPSA) is 63.7 Å². The number of aryl methyl sites for hydroxylation is 2. The molecule has 0 aliphatic carbocycles. The van der Waals surface area contributed by atoms with E-state index in [0.717, 1.165) is 34.2 Å². The molecule has 0 saturated carbocycles. The maximum atomic E-state index is 13.3. The van der Waals surface area contributed by atoms with Gasteiger partial charge >= 0.3 is 11.7 Å². The largest absolute Gasteiger partial charge is 0.359 e. The molecule has 154 valence electrons. The summed E-state index contributed by atoms with van der Waals surface area (Å²) in [6.45, 7) is 2.06. The van der Waals surface area contributed by atoms with E-state index >= 15 is 0 Å². The van der Waals surface area contributed by atoms with Crippen LogP contribution in [-0.2, 0) is 19.9 Å². The van der Waals surface area contributed by atoms with Crippen molar-refractivity contribution in [2.24, 2.45) is 7.05 Å². The molecule has 0 fully saturated rings.